The molecular weight excluding hydrogens is 225 g/mol. The van der Waals surface area contributed by atoms with Gasteiger partial charge < -0.3 is 5.32 Å². The average Bonchev–Trinajstić information content (AvgIpc) is 2.23. The first kappa shape index (κ1) is 13.5. The van der Waals surface area contributed by atoms with Gasteiger partial charge in [-0.3, -0.25) is 0 Å². The molecule has 0 heterocycles. The summed E-state index contributed by atoms with van der Waals surface area (Å²) in [4.78, 5) is 0. The van der Waals surface area contributed by atoms with Crippen molar-refractivity contribution in [3.05, 3.63) is 34.6 Å². The summed E-state index contributed by atoms with van der Waals surface area (Å²) in [5.74, 6) is 0.237. The number of hydrogen-bond acceptors (Lipinski definition) is 1. The average molecular weight is 244 g/mol. The van der Waals surface area contributed by atoms with Crippen LogP contribution in [0.15, 0.2) is 18.2 Å². The fourth-order valence-corrected chi connectivity index (χ4v) is 1.87. The van der Waals surface area contributed by atoms with E-state index >= 15 is 0 Å². The summed E-state index contributed by atoms with van der Waals surface area (Å²) in [7, 11) is 0. The molecule has 0 aliphatic heterocycles. The van der Waals surface area contributed by atoms with E-state index in [0.717, 1.165) is 12.0 Å². The van der Waals surface area contributed by atoms with E-state index in [0.29, 0.717) is 18.5 Å². The first-order valence-corrected chi connectivity index (χ1v) is 6.09. The van der Waals surface area contributed by atoms with Crippen LogP contribution in [-0.2, 0) is 6.54 Å². The summed E-state index contributed by atoms with van der Waals surface area (Å²) >= 11 is 5.63. The van der Waals surface area contributed by atoms with E-state index < -0.39 is 0 Å². The van der Waals surface area contributed by atoms with Crippen LogP contribution >= 0.6 is 11.6 Å². The van der Waals surface area contributed by atoms with Crippen LogP contribution in [0.5, 0.6) is 0 Å². The molecule has 0 amide bonds. The van der Waals surface area contributed by atoms with Gasteiger partial charge in [0, 0.05) is 12.6 Å². The Balaban J connectivity index is 2.57. The molecule has 0 bridgehead atoms. The Labute approximate surface area is 102 Å². The molecule has 0 fully saturated rings. The van der Waals surface area contributed by atoms with Gasteiger partial charge in [-0.1, -0.05) is 38.4 Å². The van der Waals surface area contributed by atoms with Crippen LogP contribution < -0.4 is 5.32 Å². The van der Waals surface area contributed by atoms with Gasteiger partial charge in [-0.2, -0.15) is 0 Å². The van der Waals surface area contributed by atoms with Gasteiger partial charge in [-0.15, -0.1) is 0 Å². The van der Waals surface area contributed by atoms with Crippen molar-refractivity contribution < 1.29 is 4.39 Å². The Morgan fingerprint density at radius 2 is 2.06 bits per heavy atom. The number of rotatable bonds is 5. The molecule has 1 aromatic carbocycles. The predicted molar refractivity (Wildman–Crippen MR) is 67.2 cm³/mol. The fraction of sp³-hybridized carbons (Fsp3) is 0.538. The third-order valence-corrected chi connectivity index (χ3v) is 3.10. The van der Waals surface area contributed by atoms with E-state index in [1.165, 1.54) is 6.07 Å². The highest BCUT2D eigenvalue weighted by Gasteiger charge is 2.10. The number of halogens is 2. The Morgan fingerprint density at radius 1 is 1.38 bits per heavy atom. The molecule has 90 valence electrons. The van der Waals surface area contributed by atoms with Crippen molar-refractivity contribution >= 4 is 11.6 Å². The van der Waals surface area contributed by atoms with Gasteiger partial charge >= 0.3 is 0 Å². The van der Waals surface area contributed by atoms with E-state index in [1.54, 1.807) is 6.07 Å². The SMILES string of the molecule is CCC(NCc1ccc(Cl)c(F)c1)C(C)C. The Hall–Kier alpha value is -0.600. The zero-order valence-corrected chi connectivity index (χ0v) is 10.8. The van der Waals surface area contributed by atoms with Crippen LogP contribution in [-0.4, -0.2) is 6.04 Å². The molecule has 16 heavy (non-hydrogen) atoms. The molecule has 3 heteroatoms. The normalized spacial score (nSPS) is 13.1. The molecule has 0 saturated heterocycles. The highest BCUT2D eigenvalue weighted by atomic mass is 35.5. The van der Waals surface area contributed by atoms with Gasteiger partial charge in [-0.25, -0.2) is 4.39 Å². The molecule has 0 radical (unpaired) electrons. The van der Waals surface area contributed by atoms with Gasteiger partial charge in [0.15, 0.2) is 0 Å². The molecule has 1 aromatic rings. The summed E-state index contributed by atoms with van der Waals surface area (Å²) in [5, 5.41) is 3.60. The van der Waals surface area contributed by atoms with E-state index in [4.69, 9.17) is 11.6 Å². The van der Waals surface area contributed by atoms with Crippen molar-refractivity contribution in [2.75, 3.05) is 0 Å². The third kappa shape index (κ3) is 3.76. The van der Waals surface area contributed by atoms with Crippen LogP contribution in [0.4, 0.5) is 4.39 Å². The zero-order valence-electron chi connectivity index (χ0n) is 10.1. The predicted octanol–water partition coefficient (Wildman–Crippen LogP) is 4.00. The quantitative estimate of drug-likeness (QED) is 0.824. The number of hydrogen-bond donors (Lipinski definition) is 1. The van der Waals surface area contributed by atoms with Gasteiger partial charge in [0.05, 0.1) is 5.02 Å². The lowest BCUT2D eigenvalue weighted by Gasteiger charge is -2.20. The van der Waals surface area contributed by atoms with Crippen molar-refractivity contribution in [1.29, 1.82) is 0 Å². The molecule has 0 aromatic heterocycles. The summed E-state index contributed by atoms with van der Waals surface area (Å²) < 4.78 is 13.2. The summed E-state index contributed by atoms with van der Waals surface area (Å²) in [6.45, 7) is 7.21. The van der Waals surface area contributed by atoms with Crippen LogP contribution in [0.1, 0.15) is 32.8 Å². The molecule has 0 saturated carbocycles. The highest BCUT2D eigenvalue weighted by Crippen LogP contribution is 2.16. The minimum Gasteiger partial charge on any atom is -0.310 e. The second-order valence-electron chi connectivity index (χ2n) is 4.39. The molecule has 0 spiro atoms. The Morgan fingerprint density at radius 3 is 2.56 bits per heavy atom. The van der Waals surface area contributed by atoms with Crippen molar-refractivity contribution in [1.82, 2.24) is 5.32 Å². The topological polar surface area (TPSA) is 12.0 Å². The maximum atomic E-state index is 13.2. The van der Waals surface area contributed by atoms with Crippen molar-refractivity contribution in [3.63, 3.8) is 0 Å². The molecule has 1 unspecified atom stereocenters. The largest absolute Gasteiger partial charge is 0.310 e. The van der Waals surface area contributed by atoms with E-state index in [2.05, 4.69) is 26.1 Å². The maximum absolute atomic E-state index is 13.2. The van der Waals surface area contributed by atoms with Gasteiger partial charge in [0.25, 0.3) is 0 Å². The molecule has 0 aliphatic rings. The van der Waals surface area contributed by atoms with Crippen LogP contribution in [0.2, 0.25) is 5.02 Å². The van der Waals surface area contributed by atoms with Crippen molar-refractivity contribution in [2.24, 2.45) is 5.92 Å². The van der Waals surface area contributed by atoms with Gasteiger partial charge in [0.2, 0.25) is 0 Å². The lowest BCUT2D eigenvalue weighted by molar-refractivity contribution is 0.387. The molecule has 1 N–H and O–H groups in total. The minimum atomic E-state index is -0.349. The van der Waals surface area contributed by atoms with Gasteiger partial charge in [0.1, 0.15) is 5.82 Å². The van der Waals surface area contributed by atoms with Crippen LogP contribution in [0.3, 0.4) is 0 Å². The standard InChI is InChI=1S/C13H19ClFN/c1-4-13(9(2)3)16-8-10-5-6-11(14)12(15)7-10/h5-7,9,13,16H,4,8H2,1-3H3. The number of benzene rings is 1. The van der Waals surface area contributed by atoms with Crippen LogP contribution in [0.25, 0.3) is 0 Å². The zero-order chi connectivity index (χ0) is 12.1. The number of nitrogens with one attached hydrogen (secondary N) is 1. The first-order valence-electron chi connectivity index (χ1n) is 5.72. The van der Waals surface area contributed by atoms with Crippen LogP contribution in [0, 0.1) is 11.7 Å². The summed E-state index contributed by atoms with van der Waals surface area (Å²) in [5.41, 5.74) is 0.931. The monoisotopic (exact) mass is 243 g/mol. The maximum Gasteiger partial charge on any atom is 0.142 e. The van der Waals surface area contributed by atoms with Crippen molar-refractivity contribution in [3.8, 4) is 0 Å². The molecule has 1 atom stereocenters. The second kappa shape index (κ2) is 6.21. The molecule has 1 rings (SSSR count). The highest BCUT2D eigenvalue weighted by molar-refractivity contribution is 6.30. The minimum absolute atomic E-state index is 0.180. The van der Waals surface area contributed by atoms with E-state index in [1.807, 2.05) is 6.07 Å². The van der Waals surface area contributed by atoms with E-state index in [9.17, 15) is 4.39 Å². The van der Waals surface area contributed by atoms with E-state index in [-0.39, 0.29) is 10.8 Å². The molecular formula is C13H19ClFN. The lowest BCUT2D eigenvalue weighted by atomic mass is 10.0. The summed E-state index contributed by atoms with van der Waals surface area (Å²) in [6.07, 6.45) is 1.08. The van der Waals surface area contributed by atoms with Gasteiger partial charge in [-0.05, 0) is 30.0 Å². The molecule has 1 nitrogen and oxygen atoms in total. The fourth-order valence-electron chi connectivity index (χ4n) is 1.75. The second-order valence-corrected chi connectivity index (χ2v) is 4.80. The van der Waals surface area contributed by atoms with Crippen molar-refractivity contribution in [2.45, 2.75) is 39.8 Å². The Bertz CT molecular complexity index is 339. The first-order chi connectivity index (χ1) is 7.54. The smallest absolute Gasteiger partial charge is 0.142 e. The lowest BCUT2D eigenvalue weighted by Crippen LogP contribution is -2.32. The molecule has 0 aliphatic carbocycles. The Kier molecular flexibility index (Phi) is 5.23. The summed E-state index contributed by atoms with van der Waals surface area (Å²) in [6, 6.07) is 5.41. The third-order valence-electron chi connectivity index (χ3n) is 2.80.